The molecule has 0 heterocycles. The molecule has 0 aromatic heterocycles. The van der Waals surface area contributed by atoms with Gasteiger partial charge in [-0.15, -0.1) is 0 Å². The fraction of sp³-hybridized carbons (Fsp3) is 0.846. The van der Waals surface area contributed by atoms with Crippen molar-refractivity contribution in [3.63, 3.8) is 0 Å². The molecule has 0 spiro atoms. The molecule has 0 aliphatic heterocycles. The van der Waals surface area contributed by atoms with E-state index in [0.29, 0.717) is 0 Å². The van der Waals surface area contributed by atoms with Crippen molar-refractivity contribution in [2.45, 2.75) is 54.9 Å². The highest BCUT2D eigenvalue weighted by Gasteiger charge is 2.01. The van der Waals surface area contributed by atoms with E-state index in [9.17, 15) is 0 Å². The molecule has 80 valence electrons. The lowest BCUT2D eigenvalue weighted by Gasteiger charge is -2.10. The van der Waals surface area contributed by atoms with E-state index in [1.807, 2.05) is 13.8 Å². The van der Waals surface area contributed by atoms with Gasteiger partial charge in [-0.2, -0.15) is 0 Å². The first kappa shape index (κ1) is 15.2. The van der Waals surface area contributed by atoms with Crippen LogP contribution in [-0.4, -0.2) is 0 Å². The van der Waals surface area contributed by atoms with Crippen molar-refractivity contribution >= 4 is 0 Å². The zero-order valence-electron chi connectivity index (χ0n) is 10.6. The Morgan fingerprint density at radius 1 is 0.923 bits per heavy atom. The van der Waals surface area contributed by atoms with Gasteiger partial charge in [0.15, 0.2) is 0 Å². The van der Waals surface area contributed by atoms with E-state index in [2.05, 4.69) is 46.8 Å². The molecule has 0 nitrogen and oxygen atoms in total. The van der Waals surface area contributed by atoms with Gasteiger partial charge in [0.2, 0.25) is 0 Å². The molecule has 0 radical (unpaired) electrons. The van der Waals surface area contributed by atoms with Crippen LogP contribution in [0, 0.1) is 17.8 Å². The average molecular weight is 184 g/mol. The highest BCUT2D eigenvalue weighted by molar-refractivity contribution is 4.90. The summed E-state index contributed by atoms with van der Waals surface area (Å²) >= 11 is 0. The average Bonchev–Trinajstić information content (AvgIpc) is 2.16. The molecule has 13 heavy (non-hydrogen) atoms. The predicted molar refractivity (Wildman–Crippen MR) is 63.9 cm³/mol. The maximum atomic E-state index is 2.35. The third kappa shape index (κ3) is 9.66. The summed E-state index contributed by atoms with van der Waals surface area (Å²) in [7, 11) is 0. The van der Waals surface area contributed by atoms with Crippen molar-refractivity contribution in [3.8, 4) is 0 Å². The lowest BCUT2D eigenvalue weighted by atomic mass is 9.96. The first-order valence-electron chi connectivity index (χ1n) is 5.76. The molecular formula is C13H28. The Balaban J connectivity index is 0. The van der Waals surface area contributed by atoms with Crippen molar-refractivity contribution in [1.82, 2.24) is 0 Å². The second kappa shape index (κ2) is 9.83. The van der Waals surface area contributed by atoms with Gasteiger partial charge in [-0.05, 0) is 17.8 Å². The second-order valence-electron chi connectivity index (χ2n) is 3.87. The van der Waals surface area contributed by atoms with Crippen LogP contribution in [0.15, 0.2) is 12.2 Å². The molecule has 0 saturated carbocycles. The van der Waals surface area contributed by atoms with Crippen molar-refractivity contribution in [2.24, 2.45) is 17.8 Å². The SMILES string of the molecule is CC.CCC(C)/C=C\C(C)C(C)C. The van der Waals surface area contributed by atoms with Gasteiger partial charge >= 0.3 is 0 Å². The van der Waals surface area contributed by atoms with Crippen molar-refractivity contribution < 1.29 is 0 Å². The van der Waals surface area contributed by atoms with E-state index >= 15 is 0 Å². The summed E-state index contributed by atoms with van der Waals surface area (Å²) in [5.74, 6) is 2.25. The predicted octanol–water partition coefficient (Wildman–Crippen LogP) is 4.91. The minimum absolute atomic E-state index is 0.726. The van der Waals surface area contributed by atoms with E-state index in [-0.39, 0.29) is 0 Å². The maximum absolute atomic E-state index is 2.35. The Hall–Kier alpha value is -0.260. The van der Waals surface area contributed by atoms with E-state index in [0.717, 1.165) is 17.8 Å². The lowest BCUT2D eigenvalue weighted by molar-refractivity contribution is 0.500. The normalized spacial score (nSPS) is 15.4. The van der Waals surface area contributed by atoms with Gasteiger partial charge in [-0.25, -0.2) is 0 Å². The third-order valence-electron chi connectivity index (χ3n) is 2.44. The van der Waals surface area contributed by atoms with Gasteiger partial charge in [0.25, 0.3) is 0 Å². The molecule has 2 atom stereocenters. The summed E-state index contributed by atoms with van der Waals surface area (Å²) < 4.78 is 0. The Morgan fingerprint density at radius 3 is 1.69 bits per heavy atom. The van der Waals surface area contributed by atoms with Crippen LogP contribution in [0.5, 0.6) is 0 Å². The molecule has 0 bridgehead atoms. The third-order valence-corrected chi connectivity index (χ3v) is 2.44. The highest BCUT2D eigenvalue weighted by atomic mass is 14.1. The van der Waals surface area contributed by atoms with Crippen LogP contribution in [-0.2, 0) is 0 Å². The highest BCUT2D eigenvalue weighted by Crippen LogP contribution is 2.13. The summed E-state index contributed by atoms with van der Waals surface area (Å²) in [6, 6.07) is 0. The Bertz CT molecular complexity index is 111. The largest absolute Gasteiger partial charge is 0.0854 e. The van der Waals surface area contributed by atoms with E-state index in [4.69, 9.17) is 0 Å². The Morgan fingerprint density at radius 2 is 1.38 bits per heavy atom. The van der Waals surface area contributed by atoms with Crippen LogP contribution < -0.4 is 0 Å². The fourth-order valence-electron chi connectivity index (χ4n) is 0.723. The van der Waals surface area contributed by atoms with Gasteiger partial charge in [0.1, 0.15) is 0 Å². The van der Waals surface area contributed by atoms with Crippen molar-refractivity contribution in [3.05, 3.63) is 12.2 Å². The smallest absolute Gasteiger partial charge is 0.0239 e. The van der Waals surface area contributed by atoms with Crippen molar-refractivity contribution in [2.75, 3.05) is 0 Å². The van der Waals surface area contributed by atoms with E-state index in [1.165, 1.54) is 6.42 Å². The van der Waals surface area contributed by atoms with Gasteiger partial charge in [-0.1, -0.05) is 67.0 Å². The molecule has 0 saturated heterocycles. The molecule has 0 N–H and O–H groups in total. The van der Waals surface area contributed by atoms with Gasteiger partial charge in [0, 0.05) is 0 Å². The molecule has 0 amide bonds. The zero-order valence-corrected chi connectivity index (χ0v) is 10.6. The van der Waals surface area contributed by atoms with Crippen LogP contribution in [0.2, 0.25) is 0 Å². The molecule has 0 aliphatic carbocycles. The molecular weight excluding hydrogens is 156 g/mol. The van der Waals surface area contributed by atoms with E-state index < -0.39 is 0 Å². The number of rotatable bonds is 4. The standard InChI is InChI=1S/C11H22.C2H6/c1-6-10(4)7-8-11(5)9(2)3;1-2/h7-11H,6H2,1-5H3;1-2H3/b8-7-;. The minimum atomic E-state index is 0.726. The van der Waals surface area contributed by atoms with Crippen LogP contribution in [0.1, 0.15) is 54.9 Å². The monoisotopic (exact) mass is 184 g/mol. The molecule has 0 aromatic rings. The minimum Gasteiger partial charge on any atom is -0.0854 e. The van der Waals surface area contributed by atoms with Gasteiger partial charge < -0.3 is 0 Å². The first-order chi connectivity index (χ1) is 6.07. The fourth-order valence-corrected chi connectivity index (χ4v) is 0.723. The molecule has 2 unspecified atom stereocenters. The Labute approximate surface area is 85.4 Å². The van der Waals surface area contributed by atoms with Crippen LogP contribution in [0.4, 0.5) is 0 Å². The van der Waals surface area contributed by atoms with Crippen LogP contribution in [0.3, 0.4) is 0 Å². The second-order valence-corrected chi connectivity index (χ2v) is 3.87. The van der Waals surface area contributed by atoms with Crippen LogP contribution >= 0.6 is 0 Å². The summed E-state index contributed by atoms with van der Waals surface area (Å²) in [6.07, 6.45) is 5.94. The summed E-state index contributed by atoms with van der Waals surface area (Å²) in [5, 5.41) is 0. The lowest BCUT2D eigenvalue weighted by Crippen LogP contribution is -2.00. The van der Waals surface area contributed by atoms with Gasteiger partial charge in [-0.3, -0.25) is 0 Å². The number of allylic oxidation sites excluding steroid dienone is 2. The maximum Gasteiger partial charge on any atom is -0.0239 e. The molecule has 0 aromatic carbocycles. The number of hydrogen-bond acceptors (Lipinski definition) is 0. The first-order valence-corrected chi connectivity index (χ1v) is 5.76. The van der Waals surface area contributed by atoms with Crippen molar-refractivity contribution in [1.29, 1.82) is 0 Å². The number of hydrogen-bond donors (Lipinski definition) is 0. The van der Waals surface area contributed by atoms with Crippen LogP contribution in [0.25, 0.3) is 0 Å². The van der Waals surface area contributed by atoms with Gasteiger partial charge in [0.05, 0.1) is 0 Å². The Kier molecular flexibility index (Phi) is 11.5. The quantitative estimate of drug-likeness (QED) is 0.545. The summed E-state index contributed by atoms with van der Waals surface area (Å²) in [6.45, 7) is 15.3. The zero-order chi connectivity index (χ0) is 10.9. The summed E-state index contributed by atoms with van der Waals surface area (Å²) in [4.78, 5) is 0. The van der Waals surface area contributed by atoms with E-state index in [1.54, 1.807) is 0 Å². The molecule has 0 heteroatoms. The topological polar surface area (TPSA) is 0 Å². The molecule has 0 fully saturated rings. The molecule has 0 rings (SSSR count). The summed E-state index contributed by atoms with van der Waals surface area (Å²) in [5.41, 5.74) is 0. The molecule has 0 aliphatic rings.